The van der Waals surface area contributed by atoms with Crippen molar-refractivity contribution in [2.45, 2.75) is 11.8 Å². The molecular formula is C16H18N2O3S2. The fourth-order valence-corrected chi connectivity index (χ4v) is 4.83. The molecule has 7 heteroatoms. The summed E-state index contributed by atoms with van der Waals surface area (Å²) in [5.74, 6) is -0.0207. The molecule has 0 unspecified atom stereocenters. The van der Waals surface area contributed by atoms with E-state index in [4.69, 9.17) is 0 Å². The lowest BCUT2D eigenvalue weighted by molar-refractivity contribution is 0.0703. The Hall–Kier alpha value is -1.70. The Morgan fingerprint density at radius 1 is 1.09 bits per heavy atom. The molecule has 1 aromatic carbocycles. The van der Waals surface area contributed by atoms with Crippen molar-refractivity contribution in [3.05, 3.63) is 52.2 Å². The molecule has 3 rings (SSSR count). The maximum atomic E-state index is 12.7. The van der Waals surface area contributed by atoms with Gasteiger partial charge in [-0.05, 0) is 36.1 Å². The lowest BCUT2D eigenvalue weighted by Gasteiger charge is -2.33. The van der Waals surface area contributed by atoms with Crippen molar-refractivity contribution in [1.82, 2.24) is 9.21 Å². The zero-order chi connectivity index (χ0) is 16.4. The van der Waals surface area contributed by atoms with E-state index >= 15 is 0 Å². The van der Waals surface area contributed by atoms with E-state index in [1.54, 1.807) is 29.2 Å². The number of hydrogen-bond donors (Lipinski definition) is 0. The van der Waals surface area contributed by atoms with E-state index in [1.807, 2.05) is 24.4 Å². The number of hydrogen-bond acceptors (Lipinski definition) is 4. The standard InChI is InChI=1S/C16H18N2O3S2/c1-13-4-2-5-14(12-13)23(20,21)18-9-7-17(8-10-18)16(19)15-6-3-11-22-15/h2-6,11-12H,7-10H2,1H3. The van der Waals surface area contributed by atoms with Gasteiger partial charge in [0.15, 0.2) is 0 Å². The van der Waals surface area contributed by atoms with Gasteiger partial charge in [0.1, 0.15) is 0 Å². The molecule has 23 heavy (non-hydrogen) atoms. The summed E-state index contributed by atoms with van der Waals surface area (Å²) in [7, 11) is -3.49. The summed E-state index contributed by atoms with van der Waals surface area (Å²) in [5, 5.41) is 1.87. The fraction of sp³-hybridized carbons (Fsp3) is 0.312. The number of rotatable bonds is 3. The minimum atomic E-state index is -3.49. The number of amides is 1. The maximum absolute atomic E-state index is 12.7. The highest BCUT2D eigenvalue weighted by Crippen LogP contribution is 2.20. The second-order valence-electron chi connectivity index (χ2n) is 5.49. The molecule has 1 fully saturated rings. The zero-order valence-electron chi connectivity index (χ0n) is 12.8. The molecule has 1 saturated heterocycles. The second-order valence-corrected chi connectivity index (χ2v) is 8.38. The minimum Gasteiger partial charge on any atom is -0.335 e. The van der Waals surface area contributed by atoms with Gasteiger partial charge < -0.3 is 4.90 Å². The monoisotopic (exact) mass is 350 g/mol. The first-order valence-electron chi connectivity index (χ1n) is 7.38. The van der Waals surface area contributed by atoms with Gasteiger partial charge in [0.2, 0.25) is 10.0 Å². The predicted molar refractivity (Wildman–Crippen MR) is 90.2 cm³/mol. The Labute approximate surface area is 140 Å². The van der Waals surface area contributed by atoms with Crippen LogP contribution in [0.5, 0.6) is 0 Å². The molecule has 1 aliphatic rings. The second kappa shape index (κ2) is 6.43. The van der Waals surface area contributed by atoms with Crippen molar-refractivity contribution < 1.29 is 13.2 Å². The van der Waals surface area contributed by atoms with Gasteiger partial charge in [0.05, 0.1) is 9.77 Å². The topological polar surface area (TPSA) is 57.7 Å². The number of piperazine rings is 1. The summed E-state index contributed by atoms with van der Waals surface area (Å²) in [6, 6.07) is 10.6. The highest BCUT2D eigenvalue weighted by Gasteiger charge is 2.30. The molecule has 0 atom stereocenters. The number of benzene rings is 1. The molecule has 2 heterocycles. The van der Waals surface area contributed by atoms with Crippen LogP contribution in [0, 0.1) is 6.92 Å². The molecule has 0 radical (unpaired) electrons. The van der Waals surface area contributed by atoms with Gasteiger partial charge in [-0.25, -0.2) is 8.42 Å². The van der Waals surface area contributed by atoms with Crippen LogP contribution in [0.1, 0.15) is 15.2 Å². The largest absolute Gasteiger partial charge is 0.335 e. The third-order valence-electron chi connectivity index (χ3n) is 3.89. The van der Waals surface area contributed by atoms with E-state index in [0.717, 1.165) is 5.56 Å². The first-order valence-corrected chi connectivity index (χ1v) is 9.70. The van der Waals surface area contributed by atoms with Crippen LogP contribution in [0.2, 0.25) is 0 Å². The Balaban J connectivity index is 1.70. The molecule has 1 amide bonds. The minimum absolute atomic E-state index is 0.0207. The Morgan fingerprint density at radius 3 is 2.43 bits per heavy atom. The van der Waals surface area contributed by atoms with Crippen LogP contribution in [0.25, 0.3) is 0 Å². The first kappa shape index (κ1) is 16.2. The maximum Gasteiger partial charge on any atom is 0.264 e. The Kier molecular flexibility index (Phi) is 4.52. The van der Waals surface area contributed by atoms with Gasteiger partial charge in [-0.2, -0.15) is 4.31 Å². The van der Waals surface area contributed by atoms with Gasteiger partial charge in [-0.1, -0.05) is 18.2 Å². The molecule has 0 N–H and O–H groups in total. The number of nitrogens with zero attached hydrogens (tertiary/aromatic N) is 2. The molecule has 0 spiro atoms. The van der Waals surface area contributed by atoms with Gasteiger partial charge >= 0.3 is 0 Å². The number of sulfonamides is 1. The number of carbonyl (C=O) groups excluding carboxylic acids is 1. The number of thiophene rings is 1. The van der Waals surface area contributed by atoms with E-state index in [0.29, 0.717) is 36.0 Å². The summed E-state index contributed by atoms with van der Waals surface area (Å²) in [6.45, 7) is 3.36. The summed E-state index contributed by atoms with van der Waals surface area (Å²) < 4.78 is 26.8. The molecule has 5 nitrogen and oxygen atoms in total. The summed E-state index contributed by atoms with van der Waals surface area (Å²) in [6.07, 6.45) is 0. The highest BCUT2D eigenvalue weighted by atomic mass is 32.2. The van der Waals surface area contributed by atoms with Crippen LogP contribution >= 0.6 is 11.3 Å². The molecule has 0 bridgehead atoms. The van der Waals surface area contributed by atoms with Gasteiger partial charge in [-0.3, -0.25) is 4.79 Å². The summed E-state index contributed by atoms with van der Waals surface area (Å²) >= 11 is 1.41. The van der Waals surface area contributed by atoms with Crippen molar-refractivity contribution in [3.8, 4) is 0 Å². The van der Waals surface area contributed by atoms with Crippen molar-refractivity contribution in [2.75, 3.05) is 26.2 Å². The third kappa shape index (κ3) is 3.31. The molecular weight excluding hydrogens is 332 g/mol. The normalized spacial score (nSPS) is 16.5. The Bertz CT molecular complexity index is 792. The van der Waals surface area contributed by atoms with Crippen LogP contribution in [0.15, 0.2) is 46.7 Å². The molecule has 1 aliphatic heterocycles. The van der Waals surface area contributed by atoms with Crippen molar-refractivity contribution in [1.29, 1.82) is 0 Å². The zero-order valence-corrected chi connectivity index (χ0v) is 14.4. The van der Waals surface area contributed by atoms with E-state index < -0.39 is 10.0 Å². The van der Waals surface area contributed by atoms with Crippen LogP contribution in [-0.2, 0) is 10.0 Å². The van der Waals surface area contributed by atoms with Crippen LogP contribution in [0.3, 0.4) is 0 Å². The highest BCUT2D eigenvalue weighted by molar-refractivity contribution is 7.89. The summed E-state index contributed by atoms with van der Waals surface area (Å²) in [4.78, 5) is 15.0. The lowest BCUT2D eigenvalue weighted by Crippen LogP contribution is -2.50. The van der Waals surface area contributed by atoms with Crippen molar-refractivity contribution in [3.63, 3.8) is 0 Å². The van der Waals surface area contributed by atoms with Crippen molar-refractivity contribution in [2.24, 2.45) is 0 Å². The average molecular weight is 350 g/mol. The van der Waals surface area contributed by atoms with Gasteiger partial charge in [0.25, 0.3) is 5.91 Å². The van der Waals surface area contributed by atoms with Gasteiger partial charge in [0, 0.05) is 26.2 Å². The Morgan fingerprint density at radius 2 is 1.83 bits per heavy atom. The average Bonchev–Trinajstić information content (AvgIpc) is 3.09. The molecule has 0 saturated carbocycles. The molecule has 1 aromatic heterocycles. The number of carbonyl (C=O) groups is 1. The van der Waals surface area contributed by atoms with Crippen LogP contribution in [0.4, 0.5) is 0 Å². The van der Waals surface area contributed by atoms with E-state index in [-0.39, 0.29) is 5.91 Å². The quantitative estimate of drug-likeness (QED) is 0.853. The fourth-order valence-electron chi connectivity index (χ4n) is 2.61. The van der Waals surface area contributed by atoms with E-state index in [2.05, 4.69) is 0 Å². The smallest absolute Gasteiger partial charge is 0.264 e. The summed E-state index contributed by atoms with van der Waals surface area (Å²) in [5.41, 5.74) is 0.914. The van der Waals surface area contributed by atoms with Gasteiger partial charge in [-0.15, -0.1) is 11.3 Å². The van der Waals surface area contributed by atoms with Crippen molar-refractivity contribution >= 4 is 27.3 Å². The first-order chi connectivity index (χ1) is 11.0. The lowest BCUT2D eigenvalue weighted by atomic mass is 10.2. The predicted octanol–water partition coefficient (Wildman–Crippen LogP) is 2.20. The van der Waals surface area contributed by atoms with E-state index in [9.17, 15) is 13.2 Å². The third-order valence-corrected chi connectivity index (χ3v) is 6.64. The van der Waals surface area contributed by atoms with Crippen LogP contribution in [-0.4, -0.2) is 49.7 Å². The molecule has 2 aromatic rings. The molecule has 0 aliphatic carbocycles. The van der Waals surface area contributed by atoms with Crippen LogP contribution < -0.4 is 0 Å². The molecule has 122 valence electrons. The van der Waals surface area contributed by atoms with E-state index in [1.165, 1.54) is 15.6 Å². The number of aryl methyl sites for hydroxylation is 1. The SMILES string of the molecule is Cc1cccc(S(=O)(=O)N2CCN(C(=O)c3cccs3)CC2)c1.